The highest BCUT2D eigenvalue weighted by Gasteiger charge is 2.22. The van der Waals surface area contributed by atoms with Gasteiger partial charge in [0.25, 0.3) is 0 Å². The summed E-state index contributed by atoms with van der Waals surface area (Å²) in [5, 5.41) is 8.53. The Bertz CT molecular complexity index is 116. The summed E-state index contributed by atoms with van der Waals surface area (Å²) in [6.07, 6.45) is 0. The molecule has 0 amide bonds. The quantitative estimate of drug-likeness (QED) is 0.572. The van der Waals surface area contributed by atoms with Gasteiger partial charge < -0.3 is 5.73 Å². The fourth-order valence-corrected chi connectivity index (χ4v) is 0.600. The zero-order valence-electron chi connectivity index (χ0n) is 6.31. The number of nitrogens with zero attached hydrogens (tertiary/aromatic N) is 1. The Morgan fingerprint density at radius 3 is 2.00 bits per heavy atom. The molecule has 0 aromatic heterocycles. The Labute approximate surface area is 56.7 Å². The van der Waals surface area contributed by atoms with Crippen molar-refractivity contribution in [2.45, 2.75) is 20.8 Å². The monoisotopic (exact) mass is 126 g/mol. The minimum atomic E-state index is -0.0162. The third-order valence-electron chi connectivity index (χ3n) is 1.44. The third-order valence-corrected chi connectivity index (χ3v) is 1.44. The van der Waals surface area contributed by atoms with Crippen LogP contribution in [0.25, 0.3) is 0 Å². The molecule has 0 aromatic carbocycles. The van der Waals surface area contributed by atoms with E-state index in [0.29, 0.717) is 6.54 Å². The molecule has 2 nitrogen and oxygen atoms in total. The summed E-state index contributed by atoms with van der Waals surface area (Å²) in [4.78, 5) is 0. The second kappa shape index (κ2) is 2.84. The van der Waals surface area contributed by atoms with Gasteiger partial charge in [-0.25, -0.2) is 0 Å². The number of hydrogen-bond donors (Lipinski definition) is 1. The van der Waals surface area contributed by atoms with Crippen LogP contribution in [0.1, 0.15) is 20.8 Å². The zero-order valence-corrected chi connectivity index (χ0v) is 6.31. The number of hydrogen-bond acceptors (Lipinski definition) is 2. The molecule has 0 radical (unpaired) electrons. The van der Waals surface area contributed by atoms with Crippen LogP contribution in [-0.2, 0) is 0 Å². The third kappa shape index (κ3) is 2.48. The Morgan fingerprint density at radius 2 is 2.00 bits per heavy atom. The first-order valence-electron chi connectivity index (χ1n) is 3.12. The SMILES string of the molecule is CC(C)(C)C(C#N)CN. The van der Waals surface area contributed by atoms with Crippen LogP contribution >= 0.6 is 0 Å². The number of nitrogens with two attached hydrogens (primary N) is 1. The van der Waals surface area contributed by atoms with E-state index in [1.54, 1.807) is 0 Å². The van der Waals surface area contributed by atoms with Gasteiger partial charge >= 0.3 is 0 Å². The predicted octanol–water partition coefficient (Wildman–Crippen LogP) is 1.13. The maximum absolute atomic E-state index is 8.53. The molecule has 0 saturated heterocycles. The van der Waals surface area contributed by atoms with Gasteiger partial charge in [-0.1, -0.05) is 20.8 Å². The second-order valence-corrected chi connectivity index (χ2v) is 3.28. The summed E-state index contributed by atoms with van der Waals surface area (Å²) < 4.78 is 0. The molecule has 1 unspecified atom stereocenters. The lowest BCUT2D eigenvalue weighted by Gasteiger charge is -2.22. The van der Waals surface area contributed by atoms with Crippen LogP contribution in [0.3, 0.4) is 0 Å². The minimum absolute atomic E-state index is 0.0162. The fraction of sp³-hybridized carbons (Fsp3) is 0.857. The van der Waals surface area contributed by atoms with E-state index < -0.39 is 0 Å². The highest BCUT2D eigenvalue weighted by Crippen LogP contribution is 2.23. The summed E-state index contributed by atoms with van der Waals surface area (Å²) in [7, 11) is 0. The average Bonchev–Trinajstić information content (AvgIpc) is 1.65. The van der Waals surface area contributed by atoms with Gasteiger partial charge in [0.05, 0.1) is 12.0 Å². The van der Waals surface area contributed by atoms with Gasteiger partial charge in [0.2, 0.25) is 0 Å². The molecule has 0 saturated carbocycles. The largest absolute Gasteiger partial charge is 0.329 e. The topological polar surface area (TPSA) is 49.8 Å². The van der Waals surface area contributed by atoms with E-state index in [-0.39, 0.29) is 11.3 Å². The second-order valence-electron chi connectivity index (χ2n) is 3.28. The highest BCUT2D eigenvalue weighted by molar-refractivity contribution is 4.91. The van der Waals surface area contributed by atoms with Gasteiger partial charge in [-0.15, -0.1) is 0 Å². The lowest BCUT2D eigenvalue weighted by Crippen LogP contribution is -2.26. The summed E-state index contributed by atoms with van der Waals surface area (Å²) in [5.41, 5.74) is 5.38. The first kappa shape index (κ1) is 8.45. The molecule has 2 N–H and O–H groups in total. The Balaban J connectivity index is 4.00. The summed E-state index contributed by atoms with van der Waals surface area (Å²) in [5.74, 6) is -0.0162. The van der Waals surface area contributed by atoms with Gasteiger partial charge in [-0.2, -0.15) is 5.26 Å². The summed E-state index contributed by atoms with van der Waals surface area (Å²) >= 11 is 0. The molecule has 0 bridgehead atoms. The van der Waals surface area contributed by atoms with Crippen LogP contribution in [0.2, 0.25) is 0 Å². The molecular weight excluding hydrogens is 112 g/mol. The van der Waals surface area contributed by atoms with Crippen LogP contribution in [0.5, 0.6) is 0 Å². The number of rotatable bonds is 1. The molecule has 0 heterocycles. The molecular formula is C7H14N2. The van der Waals surface area contributed by atoms with E-state index in [2.05, 4.69) is 6.07 Å². The molecule has 52 valence electrons. The zero-order chi connectivity index (χ0) is 7.49. The molecule has 0 aliphatic heterocycles. The lowest BCUT2D eigenvalue weighted by molar-refractivity contribution is 0.307. The van der Waals surface area contributed by atoms with Crippen molar-refractivity contribution >= 4 is 0 Å². The van der Waals surface area contributed by atoms with Gasteiger partial charge in [-0.05, 0) is 5.41 Å². The smallest absolute Gasteiger partial charge is 0.0674 e. The normalized spacial score (nSPS) is 14.6. The molecule has 9 heavy (non-hydrogen) atoms. The van der Waals surface area contributed by atoms with E-state index in [9.17, 15) is 0 Å². The maximum Gasteiger partial charge on any atom is 0.0674 e. The average molecular weight is 126 g/mol. The minimum Gasteiger partial charge on any atom is -0.329 e. The van der Waals surface area contributed by atoms with Gasteiger partial charge in [-0.3, -0.25) is 0 Å². The van der Waals surface area contributed by atoms with E-state index in [1.165, 1.54) is 0 Å². The van der Waals surface area contributed by atoms with Crippen LogP contribution in [0.15, 0.2) is 0 Å². The maximum atomic E-state index is 8.53. The van der Waals surface area contributed by atoms with E-state index in [4.69, 9.17) is 11.0 Å². The lowest BCUT2D eigenvalue weighted by atomic mass is 9.82. The highest BCUT2D eigenvalue weighted by atomic mass is 14.6. The molecule has 0 spiro atoms. The molecule has 0 aromatic rings. The first-order chi connectivity index (χ1) is 4.02. The van der Waals surface area contributed by atoms with Crippen LogP contribution in [0, 0.1) is 22.7 Å². The van der Waals surface area contributed by atoms with Crippen molar-refractivity contribution in [3.8, 4) is 6.07 Å². The van der Waals surface area contributed by atoms with Gasteiger partial charge in [0.15, 0.2) is 0 Å². The van der Waals surface area contributed by atoms with Gasteiger partial charge in [0.1, 0.15) is 0 Å². The molecule has 0 rings (SSSR count). The number of nitriles is 1. The summed E-state index contributed by atoms with van der Waals surface area (Å²) in [6.45, 7) is 6.52. The van der Waals surface area contributed by atoms with Crippen molar-refractivity contribution in [2.24, 2.45) is 17.1 Å². The van der Waals surface area contributed by atoms with E-state index in [1.807, 2.05) is 20.8 Å². The van der Waals surface area contributed by atoms with Crippen LogP contribution in [0.4, 0.5) is 0 Å². The molecule has 0 fully saturated rings. The molecule has 0 aliphatic carbocycles. The van der Waals surface area contributed by atoms with Gasteiger partial charge in [0, 0.05) is 6.54 Å². The molecule has 2 heteroatoms. The predicted molar refractivity (Wildman–Crippen MR) is 37.6 cm³/mol. The van der Waals surface area contributed by atoms with Crippen LogP contribution < -0.4 is 5.73 Å². The van der Waals surface area contributed by atoms with Crippen molar-refractivity contribution < 1.29 is 0 Å². The Hall–Kier alpha value is -0.550. The Morgan fingerprint density at radius 1 is 1.56 bits per heavy atom. The van der Waals surface area contributed by atoms with E-state index in [0.717, 1.165) is 0 Å². The van der Waals surface area contributed by atoms with Crippen LogP contribution in [-0.4, -0.2) is 6.54 Å². The molecule has 0 aliphatic rings. The molecule has 1 atom stereocenters. The van der Waals surface area contributed by atoms with Crippen molar-refractivity contribution in [3.05, 3.63) is 0 Å². The van der Waals surface area contributed by atoms with Crippen molar-refractivity contribution in [1.82, 2.24) is 0 Å². The Kier molecular flexibility index (Phi) is 2.66. The standard InChI is InChI=1S/C7H14N2/c1-7(2,3)6(4-8)5-9/h6H,4,8H2,1-3H3. The fourth-order valence-electron chi connectivity index (χ4n) is 0.600. The summed E-state index contributed by atoms with van der Waals surface area (Å²) in [6, 6.07) is 2.17. The van der Waals surface area contributed by atoms with Crippen molar-refractivity contribution in [1.29, 1.82) is 5.26 Å². The van der Waals surface area contributed by atoms with E-state index >= 15 is 0 Å². The first-order valence-corrected chi connectivity index (χ1v) is 3.12. The van der Waals surface area contributed by atoms with Crippen molar-refractivity contribution in [3.63, 3.8) is 0 Å². The van der Waals surface area contributed by atoms with Crippen molar-refractivity contribution in [2.75, 3.05) is 6.54 Å².